The Balaban J connectivity index is 2.65. The zero-order chi connectivity index (χ0) is 10.8. The summed E-state index contributed by atoms with van der Waals surface area (Å²) in [4.78, 5) is 15.1. The zero-order valence-corrected chi connectivity index (χ0v) is 8.71. The molecule has 15 heavy (non-hydrogen) atoms. The zero-order valence-electron chi connectivity index (χ0n) is 8.71. The van der Waals surface area contributed by atoms with E-state index in [0.29, 0.717) is 6.42 Å². The molecule has 2 rings (SSSR count). The van der Waals surface area contributed by atoms with Crippen molar-refractivity contribution in [1.29, 1.82) is 0 Å². The number of aromatic amines is 1. The number of rotatable bonds is 2. The minimum Gasteiger partial charge on any atom is -0.361 e. The molecule has 0 atom stereocenters. The van der Waals surface area contributed by atoms with E-state index in [0.717, 1.165) is 22.0 Å². The number of aromatic nitrogens is 1. The van der Waals surface area contributed by atoms with Gasteiger partial charge in [0.1, 0.15) is 0 Å². The Morgan fingerprint density at radius 1 is 1.40 bits per heavy atom. The number of H-pyrrole nitrogens is 1. The molecule has 0 aliphatic carbocycles. The first-order valence-electron chi connectivity index (χ1n) is 4.92. The maximum Gasteiger partial charge on any atom is 0.192 e. The minimum atomic E-state index is 0.104. The summed E-state index contributed by atoms with van der Waals surface area (Å²) in [5.41, 5.74) is 2.76. The molecule has 1 aromatic heterocycles. The topological polar surface area (TPSA) is 32.9 Å². The van der Waals surface area contributed by atoms with E-state index in [-0.39, 0.29) is 5.43 Å². The molecule has 0 bridgehead atoms. The van der Waals surface area contributed by atoms with Gasteiger partial charge in [0.25, 0.3) is 0 Å². The molecule has 0 aliphatic rings. The van der Waals surface area contributed by atoms with Gasteiger partial charge >= 0.3 is 0 Å². The van der Waals surface area contributed by atoms with Gasteiger partial charge in [0.05, 0.1) is 0 Å². The molecule has 0 spiro atoms. The highest BCUT2D eigenvalue weighted by atomic mass is 16.1. The van der Waals surface area contributed by atoms with E-state index in [2.05, 4.69) is 11.6 Å². The van der Waals surface area contributed by atoms with Crippen LogP contribution in [0.5, 0.6) is 0 Å². The van der Waals surface area contributed by atoms with Crippen molar-refractivity contribution < 1.29 is 0 Å². The number of pyridine rings is 1. The van der Waals surface area contributed by atoms with E-state index in [9.17, 15) is 4.79 Å². The fourth-order valence-corrected chi connectivity index (χ4v) is 1.67. The predicted molar refractivity (Wildman–Crippen MR) is 63.1 cm³/mol. The Morgan fingerprint density at radius 3 is 2.87 bits per heavy atom. The smallest absolute Gasteiger partial charge is 0.192 e. The van der Waals surface area contributed by atoms with Crippen molar-refractivity contribution in [2.45, 2.75) is 13.3 Å². The summed E-state index contributed by atoms with van der Waals surface area (Å²) < 4.78 is 0. The van der Waals surface area contributed by atoms with E-state index in [1.54, 1.807) is 6.20 Å². The van der Waals surface area contributed by atoms with Crippen LogP contribution in [0.25, 0.3) is 10.9 Å². The molecule has 76 valence electrons. The molecule has 0 saturated carbocycles. The van der Waals surface area contributed by atoms with Crippen molar-refractivity contribution in [3.8, 4) is 0 Å². The molecular formula is C13H13NO. The molecule has 2 aromatic rings. The van der Waals surface area contributed by atoms with Crippen LogP contribution in [0.1, 0.15) is 12.5 Å². The third-order valence-electron chi connectivity index (χ3n) is 2.36. The lowest BCUT2D eigenvalue weighted by Gasteiger charge is -2.02. The Morgan fingerprint density at radius 2 is 2.13 bits per heavy atom. The van der Waals surface area contributed by atoms with Crippen LogP contribution in [0.15, 0.2) is 47.4 Å². The molecule has 2 heteroatoms. The van der Waals surface area contributed by atoms with Crippen LogP contribution < -0.4 is 5.43 Å². The molecule has 1 heterocycles. The van der Waals surface area contributed by atoms with E-state index in [1.807, 2.05) is 31.2 Å². The van der Waals surface area contributed by atoms with Crippen molar-refractivity contribution in [2.24, 2.45) is 0 Å². The van der Waals surface area contributed by atoms with Crippen LogP contribution in [0.3, 0.4) is 0 Å². The summed E-state index contributed by atoms with van der Waals surface area (Å²) in [7, 11) is 0. The number of benzene rings is 1. The van der Waals surface area contributed by atoms with Gasteiger partial charge in [-0.05, 0) is 25.5 Å². The molecule has 0 aliphatic heterocycles. The van der Waals surface area contributed by atoms with Crippen molar-refractivity contribution in [2.75, 3.05) is 0 Å². The Bertz CT molecular complexity index is 566. The van der Waals surface area contributed by atoms with Crippen molar-refractivity contribution >= 4 is 10.9 Å². The second kappa shape index (κ2) is 3.73. The van der Waals surface area contributed by atoms with Crippen LogP contribution in [-0.4, -0.2) is 4.98 Å². The number of hydrogen-bond acceptors (Lipinski definition) is 1. The molecule has 0 radical (unpaired) electrons. The van der Waals surface area contributed by atoms with E-state index < -0.39 is 0 Å². The lowest BCUT2D eigenvalue weighted by atomic mass is 10.1. The Hall–Kier alpha value is -1.83. The van der Waals surface area contributed by atoms with E-state index in [4.69, 9.17) is 0 Å². The lowest BCUT2D eigenvalue weighted by Crippen LogP contribution is -2.10. The first-order valence-corrected chi connectivity index (χ1v) is 4.92. The van der Waals surface area contributed by atoms with E-state index in [1.165, 1.54) is 0 Å². The average Bonchev–Trinajstić information content (AvgIpc) is 2.22. The van der Waals surface area contributed by atoms with Gasteiger partial charge in [0.2, 0.25) is 0 Å². The fraction of sp³-hybridized carbons (Fsp3) is 0.154. The highest BCUT2D eigenvalue weighted by Crippen LogP contribution is 2.08. The summed E-state index contributed by atoms with van der Waals surface area (Å²) >= 11 is 0. The van der Waals surface area contributed by atoms with Crippen LogP contribution >= 0.6 is 0 Å². The quantitative estimate of drug-likeness (QED) is 0.741. The Labute approximate surface area is 88.3 Å². The molecule has 2 nitrogen and oxygen atoms in total. The SMILES string of the molecule is C=C(C)Cc1c[nH]c2ccccc2c1=O. The van der Waals surface area contributed by atoms with Crippen LogP contribution in [0.4, 0.5) is 0 Å². The third kappa shape index (κ3) is 1.84. The maximum absolute atomic E-state index is 12.0. The first-order chi connectivity index (χ1) is 7.18. The van der Waals surface area contributed by atoms with Gasteiger partial charge in [-0.1, -0.05) is 24.3 Å². The fourth-order valence-electron chi connectivity index (χ4n) is 1.67. The number of allylic oxidation sites excluding steroid dienone is 1. The summed E-state index contributed by atoms with van der Waals surface area (Å²) in [5, 5.41) is 0.747. The summed E-state index contributed by atoms with van der Waals surface area (Å²) in [6.45, 7) is 5.74. The molecule has 0 amide bonds. The van der Waals surface area contributed by atoms with E-state index >= 15 is 0 Å². The number of para-hydroxylation sites is 1. The maximum atomic E-state index is 12.0. The summed E-state index contributed by atoms with van der Waals surface area (Å²) in [5.74, 6) is 0. The lowest BCUT2D eigenvalue weighted by molar-refractivity contribution is 1.12. The van der Waals surface area contributed by atoms with Crippen LogP contribution in [-0.2, 0) is 6.42 Å². The second-order valence-corrected chi connectivity index (χ2v) is 3.82. The highest BCUT2D eigenvalue weighted by molar-refractivity contribution is 5.78. The minimum absolute atomic E-state index is 0.104. The van der Waals surface area contributed by atoms with Gasteiger partial charge in [-0.15, -0.1) is 0 Å². The van der Waals surface area contributed by atoms with Crippen molar-refractivity contribution in [3.63, 3.8) is 0 Å². The largest absolute Gasteiger partial charge is 0.361 e. The van der Waals surface area contributed by atoms with Gasteiger partial charge < -0.3 is 4.98 Å². The van der Waals surface area contributed by atoms with Gasteiger partial charge in [-0.2, -0.15) is 0 Å². The van der Waals surface area contributed by atoms with Crippen molar-refractivity contribution in [3.05, 3.63) is 58.4 Å². The number of fused-ring (bicyclic) bond motifs is 1. The molecular weight excluding hydrogens is 186 g/mol. The highest BCUT2D eigenvalue weighted by Gasteiger charge is 2.03. The summed E-state index contributed by atoms with van der Waals surface area (Å²) in [6, 6.07) is 7.54. The van der Waals surface area contributed by atoms with Gasteiger partial charge in [-0.25, -0.2) is 0 Å². The first kappa shape index (κ1) is 9.71. The molecule has 0 saturated heterocycles. The van der Waals surface area contributed by atoms with Gasteiger partial charge in [-0.3, -0.25) is 4.79 Å². The second-order valence-electron chi connectivity index (χ2n) is 3.82. The molecule has 1 N–H and O–H groups in total. The molecule has 1 aromatic carbocycles. The van der Waals surface area contributed by atoms with Crippen LogP contribution in [0, 0.1) is 0 Å². The Kier molecular flexibility index (Phi) is 2.42. The number of hydrogen-bond donors (Lipinski definition) is 1. The summed E-state index contributed by atoms with van der Waals surface area (Å²) in [6.07, 6.45) is 2.42. The number of nitrogens with one attached hydrogen (secondary N) is 1. The molecule has 0 fully saturated rings. The van der Waals surface area contributed by atoms with Gasteiger partial charge in [0, 0.05) is 22.7 Å². The average molecular weight is 199 g/mol. The normalized spacial score (nSPS) is 10.5. The van der Waals surface area contributed by atoms with Gasteiger partial charge in [0.15, 0.2) is 5.43 Å². The standard InChI is InChI=1S/C13H13NO/c1-9(2)7-10-8-14-12-6-4-3-5-11(12)13(10)15/h3-6,8H,1,7H2,2H3,(H,14,15). The van der Waals surface area contributed by atoms with Crippen LogP contribution in [0.2, 0.25) is 0 Å². The third-order valence-corrected chi connectivity index (χ3v) is 2.36. The monoisotopic (exact) mass is 199 g/mol. The predicted octanol–water partition coefficient (Wildman–Crippen LogP) is 2.65. The van der Waals surface area contributed by atoms with Crippen molar-refractivity contribution in [1.82, 2.24) is 4.98 Å². The molecule has 0 unspecified atom stereocenters.